The highest BCUT2D eigenvalue weighted by Gasteiger charge is 2.35. The number of ether oxygens (including phenoxy) is 1. The smallest absolute Gasteiger partial charge is 0.244 e. The van der Waals surface area contributed by atoms with Crippen LogP contribution < -0.4 is 10.1 Å². The Bertz CT molecular complexity index is 1290. The summed E-state index contributed by atoms with van der Waals surface area (Å²) in [4.78, 5) is 18.5. The number of anilines is 1. The highest BCUT2D eigenvalue weighted by atomic mass is 35.5. The van der Waals surface area contributed by atoms with Crippen molar-refractivity contribution in [3.05, 3.63) is 40.1 Å². The fourth-order valence-corrected chi connectivity index (χ4v) is 7.00. The van der Waals surface area contributed by atoms with Crippen molar-refractivity contribution in [3.8, 4) is 16.5 Å². The molecule has 1 aliphatic heterocycles. The van der Waals surface area contributed by atoms with Crippen LogP contribution in [0.5, 0.6) is 5.75 Å². The van der Waals surface area contributed by atoms with E-state index < -0.39 is 15.9 Å². The molecule has 3 heterocycles. The van der Waals surface area contributed by atoms with Crippen molar-refractivity contribution in [1.29, 1.82) is 0 Å². The van der Waals surface area contributed by atoms with Gasteiger partial charge in [0, 0.05) is 30.6 Å². The Morgan fingerprint density at radius 2 is 2.12 bits per heavy atom. The molecule has 1 unspecified atom stereocenters. The first-order valence-electron chi connectivity index (χ1n) is 10.2. The van der Waals surface area contributed by atoms with Crippen LogP contribution in [-0.4, -0.2) is 49.0 Å². The number of hydrogen-bond acceptors (Lipinski definition) is 8. The quantitative estimate of drug-likeness (QED) is 0.530. The molecule has 9 nitrogen and oxygen atoms in total. The number of methoxy groups -OCH3 is 1. The third-order valence-electron chi connectivity index (χ3n) is 5.41. The first kappa shape index (κ1) is 23.7. The molecule has 0 aliphatic carbocycles. The van der Waals surface area contributed by atoms with Crippen LogP contribution in [0.1, 0.15) is 23.6 Å². The number of benzene rings is 1. The number of nitrogens with one attached hydrogen (secondary N) is 1. The fourth-order valence-electron chi connectivity index (χ4n) is 3.73. The van der Waals surface area contributed by atoms with E-state index in [-0.39, 0.29) is 17.3 Å². The predicted molar refractivity (Wildman–Crippen MR) is 125 cm³/mol. The van der Waals surface area contributed by atoms with Crippen LogP contribution in [0, 0.1) is 19.8 Å². The van der Waals surface area contributed by atoms with Gasteiger partial charge in [0.25, 0.3) is 0 Å². The Morgan fingerprint density at radius 1 is 1.33 bits per heavy atom. The summed E-state index contributed by atoms with van der Waals surface area (Å²) >= 11 is 7.43. The zero-order valence-corrected chi connectivity index (χ0v) is 20.7. The maximum atomic E-state index is 13.4. The van der Waals surface area contributed by atoms with Crippen molar-refractivity contribution in [2.24, 2.45) is 5.92 Å². The lowest BCUT2D eigenvalue weighted by Gasteiger charge is -2.31. The highest BCUT2D eigenvalue weighted by molar-refractivity contribution is 7.89. The van der Waals surface area contributed by atoms with Gasteiger partial charge >= 0.3 is 0 Å². The van der Waals surface area contributed by atoms with Gasteiger partial charge in [0.1, 0.15) is 5.75 Å². The van der Waals surface area contributed by atoms with Gasteiger partial charge in [0.2, 0.25) is 27.6 Å². The summed E-state index contributed by atoms with van der Waals surface area (Å²) < 4.78 is 38.3. The lowest BCUT2D eigenvalue weighted by molar-refractivity contribution is -0.120. The lowest BCUT2D eigenvalue weighted by Crippen LogP contribution is -2.43. The minimum absolute atomic E-state index is 0.101. The fraction of sp³-hybridized carbons (Fsp3) is 0.381. The number of thiophene rings is 1. The number of aryl methyl sites for hydroxylation is 2. The average Bonchev–Trinajstić information content (AvgIpc) is 3.40. The Labute approximate surface area is 200 Å². The molecule has 0 saturated carbocycles. The largest absolute Gasteiger partial charge is 0.495 e. The number of aromatic nitrogens is 2. The van der Waals surface area contributed by atoms with Crippen molar-refractivity contribution in [1.82, 2.24) is 14.4 Å². The zero-order chi connectivity index (χ0) is 23.8. The molecule has 1 aromatic carbocycles. The maximum absolute atomic E-state index is 13.4. The molecule has 0 bridgehead atoms. The number of sulfonamides is 1. The molecule has 1 aliphatic rings. The Morgan fingerprint density at radius 3 is 2.79 bits per heavy atom. The zero-order valence-electron chi connectivity index (χ0n) is 18.3. The van der Waals surface area contributed by atoms with Gasteiger partial charge in [-0.2, -0.15) is 9.29 Å². The van der Waals surface area contributed by atoms with E-state index in [1.165, 1.54) is 22.8 Å². The molecule has 0 radical (unpaired) electrons. The van der Waals surface area contributed by atoms with Gasteiger partial charge in [0.15, 0.2) is 0 Å². The summed E-state index contributed by atoms with van der Waals surface area (Å²) in [5, 5.41) is 7.08. The van der Waals surface area contributed by atoms with E-state index in [0.29, 0.717) is 57.3 Å². The summed E-state index contributed by atoms with van der Waals surface area (Å²) in [5.74, 6) is 0.541. The van der Waals surface area contributed by atoms with Crippen molar-refractivity contribution < 1.29 is 22.5 Å². The monoisotopic (exact) mass is 510 g/mol. The standard InChI is InChI=1S/C21H23ClN4O5S2/c1-12-19(10-18(32-12)20-23-13(2)31-25-20)33(28,29)26-8-4-5-14(11-26)21(27)24-15-6-7-17(30-3)16(22)9-15/h6-7,9-10,14H,4-5,8,11H2,1-3H3,(H,24,27). The van der Waals surface area contributed by atoms with Crippen LogP contribution >= 0.6 is 22.9 Å². The van der Waals surface area contributed by atoms with Crippen LogP contribution in [-0.2, 0) is 14.8 Å². The molecule has 12 heteroatoms. The average molecular weight is 511 g/mol. The minimum atomic E-state index is -3.79. The molecule has 1 fully saturated rings. The van der Waals surface area contributed by atoms with Crippen LogP contribution in [0.15, 0.2) is 33.7 Å². The number of halogens is 1. The van der Waals surface area contributed by atoms with Crippen LogP contribution in [0.4, 0.5) is 5.69 Å². The number of carbonyl (C=O) groups excluding carboxylic acids is 1. The van der Waals surface area contributed by atoms with Crippen molar-refractivity contribution in [2.45, 2.75) is 31.6 Å². The minimum Gasteiger partial charge on any atom is -0.495 e. The Kier molecular flexibility index (Phi) is 6.76. The van der Waals surface area contributed by atoms with E-state index in [0.717, 1.165) is 0 Å². The molecule has 176 valence electrons. The van der Waals surface area contributed by atoms with Crippen molar-refractivity contribution in [2.75, 3.05) is 25.5 Å². The van der Waals surface area contributed by atoms with Gasteiger partial charge in [0.05, 0.1) is 27.8 Å². The van der Waals surface area contributed by atoms with Crippen LogP contribution in [0.2, 0.25) is 5.02 Å². The third kappa shape index (κ3) is 4.91. The molecule has 1 saturated heterocycles. The number of hydrogen-bond donors (Lipinski definition) is 1. The molecule has 2 aromatic heterocycles. The number of nitrogens with zero attached hydrogens (tertiary/aromatic N) is 3. The molecule has 1 N–H and O–H groups in total. The summed E-state index contributed by atoms with van der Waals surface area (Å²) in [7, 11) is -2.28. The molecular formula is C21H23ClN4O5S2. The third-order valence-corrected chi connectivity index (χ3v) is 8.87. The predicted octanol–water partition coefficient (Wildman–Crippen LogP) is 4.12. The molecule has 1 atom stereocenters. The second-order valence-corrected chi connectivity index (χ2v) is 11.3. The molecule has 4 rings (SSSR count). The summed E-state index contributed by atoms with van der Waals surface area (Å²) in [6.07, 6.45) is 1.18. The van der Waals surface area contributed by atoms with Gasteiger partial charge in [-0.25, -0.2) is 8.42 Å². The summed E-state index contributed by atoms with van der Waals surface area (Å²) in [6, 6.07) is 6.53. The van der Waals surface area contributed by atoms with Gasteiger partial charge in [-0.1, -0.05) is 16.8 Å². The van der Waals surface area contributed by atoms with E-state index in [4.69, 9.17) is 20.9 Å². The van der Waals surface area contributed by atoms with Gasteiger partial charge in [-0.05, 0) is 44.0 Å². The second kappa shape index (κ2) is 9.41. The molecular weight excluding hydrogens is 488 g/mol. The normalized spacial score (nSPS) is 17.2. The highest BCUT2D eigenvalue weighted by Crippen LogP contribution is 2.35. The van der Waals surface area contributed by atoms with Gasteiger partial charge in [-0.15, -0.1) is 11.3 Å². The van der Waals surface area contributed by atoms with Gasteiger partial charge < -0.3 is 14.6 Å². The number of piperidine rings is 1. The van der Waals surface area contributed by atoms with Crippen LogP contribution in [0.25, 0.3) is 10.7 Å². The molecule has 3 aromatic rings. The molecule has 0 spiro atoms. The Hall–Kier alpha value is -2.47. The van der Waals surface area contributed by atoms with Crippen molar-refractivity contribution in [3.63, 3.8) is 0 Å². The van der Waals surface area contributed by atoms with Crippen LogP contribution in [0.3, 0.4) is 0 Å². The van der Waals surface area contributed by atoms with E-state index >= 15 is 0 Å². The van der Waals surface area contributed by atoms with Crippen molar-refractivity contribution >= 4 is 44.6 Å². The van der Waals surface area contributed by atoms with E-state index in [2.05, 4.69) is 15.5 Å². The Balaban J connectivity index is 1.50. The first-order chi connectivity index (χ1) is 15.7. The number of carbonyl (C=O) groups is 1. The second-order valence-electron chi connectivity index (χ2n) is 7.71. The topological polar surface area (TPSA) is 115 Å². The number of amides is 1. The first-order valence-corrected chi connectivity index (χ1v) is 12.9. The summed E-state index contributed by atoms with van der Waals surface area (Å²) in [5.41, 5.74) is 0.527. The maximum Gasteiger partial charge on any atom is 0.244 e. The van der Waals surface area contributed by atoms with E-state index in [1.807, 2.05) is 0 Å². The van der Waals surface area contributed by atoms with Gasteiger partial charge in [-0.3, -0.25) is 4.79 Å². The van der Waals surface area contributed by atoms with E-state index in [1.54, 1.807) is 38.1 Å². The summed E-state index contributed by atoms with van der Waals surface area (Å²) in [6.45, 7) is 3.87. The SMILES string of the molecule is COc1ccc(NC(=O)C2CCCN(S(=O)(=O)c3cc(-c4noc(C)n4)sc3C)C2)cc1Cl. The molecule has 33 heavy (non-hydrogen) atoms. The van der Waals surface area contributed by atoms with E-state index in [9.17, 15) is 13.2 Å². The molecule has 1 amide bonds. The lowest BCUT2D eigenvalue weighted by atomic mass is 9.98. The number of rotatable bonds is 6.